The number of imidazole rings is 1. The zero-order chi connectivity index (χ0) is 17.5. The lowest BCUT2D eigenvalue weighted by atomic mass is 10.2. The topological polar surface area (TPSA) is 48.5 Å². The molecule has 1 aliphatic heterocycles. The summed E-state index contributed by atoms with van der Waals surface area (Å²) in [4.78, 5) is 4.57. The quantitative estimate of drug-likeness (QED) is 0.399. The van der Waals surface area contributed by atoms with Gasteiger partial charge in [0.25, 0.3) is 0 Å². The fraction of sp³-hybridized carbons (Fsp3) is 0.136. The van der Waals surface area contributed by atoms with Crippen LogP contribution in [0.25, 0.3) is 11.4 Å². The van der Waals surface area contributed by atoms with Crippen LogP contribution in [0.2, 0.25) is 0 Å². The van der Waals surface area contributed by atoms with Gasteiger partial charge in [-0.15, -0.1) is 5.10 Å². The van der Waals surface area contributed by atoms with Crippen molar-refractivity contribution < 1.29 is 0 Å². The van der Waals surface area contributed by atoms with Crippen LogP contribution in [0.4, 0.5) is 0 Å². The number of hydrogen-bond donors (Lipinski definition) is 0. The number of benzene rings is 2. The standard InChI is InChI=1S/C21H15N5.CH4/c1-15-7-10-19-21(11-15)26-17(13-23-24-26)12-20-18(22-14-25(19)20)9-8-16-5-3-2-4-6-16;/h2-7,10-11,13-14H,12H2,1H3;1H4. The van der Waals surface area contributed by atoms with Gasteiger partial charge in [-0.3, -0.25) is 4.57 Å². The van der Waals surface area contributed by atoms with Crippen molar-refractivity contribution in [3.63, 3.8) is 0 Å². The molecule has 0 radical (unpaired) electrons. The molecule has 0 aliphatic carbocycles. The van der Waals surface area contributed by atoms with Crippen molar-refractivity contribution in [1.82, 2.24) is 24.5 Å². The normalized spacial score (nSPS) is 11.1. The minimum absolute atomic E-state index is 0. The van der Waals surface area contributed by atoms with E-state index in [-0.39, 0.29) is 7.43 Å². The van der Waals surface area contributed by atoms with Gasteiger partial charge in [-0.05, 0) is 42.7 Å². The Labute approximate surface area is 158 Å². The molecule has 0 spiro atoms. The van der Waals surface area contributed by atoms with Crippen LogP contribution in [-0.4, -0.2) is 24.5 Å². The fourth-order valence-corrected chi connectivity index (χ4v) is 3.27. The molecule has 4 aromatic rings. The van der Waals surface area contributed by atoms with Gasteiger partial charge in [0.2, 0.25) is 0 Å². The summed E-state index contributed by atoms with van der Waals surface area (Å²) in [7, 11) is 0. The predicted molar refractivity (Wildman–Crippen MR) is 105 cm³/mol. The SMILES string of the molecule is C.Cc1ccc2c(c1)-n1nncc1Cc1c(C#Cc3ccccc3)ncn1-2. The Morgan fingerprint density at radius 3 is 2.70 bits per heavy atom. The van der Waals surface area contributed by atoms with Crippen molar-refractivity contribution >= 4 is 0 Å². The summed E-state index contributed by atoms with van der Waals surface area (Å²) >= 11 is 0. The highest BCUT2D eigenvalue weighted by atomic mass is 15.4. The van der Waals surface area contributed by atoms with Crippen LogP contribution in [0.5, 0.6) is 0 Å². The number of nitrogens with zero attached hydrogens (tertiary/aromatic N) is 5. The Morgan fingerprint density at radius 2 is 1.85 bits per heavy atom. The first kappa shape index (κ1) is 16.8. The molecule has 0 fully saturated rings. The summed E-state index contributed by atoms with van der Waals surface area (Å²) in [5.41, 5.74) is 7.07. The summed E-state index contributed by atoms with van der Waals surface area (Å²) in [6, 6.07) is 16.3. The zero-order valence-corrected chi connectivity index (χ0v) is 14.2. The van der Waals surface area contributed by atoms with Gasteiger partial charge in [-0.2, -0.15) is 0 Å². The lowest BCUT2D eigenvalue weighted by molar-refractivity contribution is 0.777. The highest BCUT2D eigenvalue weighted by Crippen LogP contribution is 2.28. The minimum Gasteiger partial charge on any atom is -0.299 e. The van der Waals surface area contributed by atoms with Crippen molar-refractivity contribution in [2.45, 2.75) is 20.8 Å². The number of hydrogen-bond acceptors (Lipinski definition) is 3. The average Bonchev–Trinajstić information content (AvgIpc) is 3.26. The van der Waals surface area contributed by atoms with E-state index in [0.717, 1.165) is 34.0 Å². The third kappa shape index (κ3) is 2.81. The summed E-state index contributed by atoms with van der Waals surface area (Å²) in [5.74, 6) is 6.43. The van der Waals surface area contributed by atoms with Gasteiger partial charge in [0.1, 0.15) is 12.0 Å². The van der Waals surface area contributed by atoms with Crippen LogP contribution in [0, 0.1) is 18.8 Å². The van der Waals surface area contributed by atoms with Gasteiger partial charge in [-0.25, -0.2) is 9.67 Å². The van der Waals surface area contributed by atoms with Gasteiger partial charge in [0, 0.05) is 12.0 Å². The highest BCUT2D eigenvalue weighted by molar-refractivity contribution is 5.58. The first-order valence-corrected chi connectivity index (χ1v) is 8.44. The van der Waals surface area contributed by atoms with Crippen LogP contribution >= 0.6 is 0 Å². The molecule has 27 heavy (non-hydrogen) atoms. The monoisotopic (exact) mass is 353 g/mol. The lowest BCUT2D eigenvalue weighted by Gasteiger charge is -2.10. The first-order chi connectivity index (χ1) is 12.8. The van der Waals surface area contributed by atoms with E-state index in [0.29, 0.717) is 6.42 Å². The van der Waals surface area contributed by atoms with E-state index in [2.05, 4.69) is 56.8 Å². The Bertz CT molecular complexity index is 1170. The molecule has 3 heterocycles. The molecular formula is C22H19N5. The molecule has 2 aromatic heterocycles. The average molecular weight is 353 g/mol. The Balaban J connectivity index is 0.00000180. The molecule has 2 aromatic carbocycles. The number of fused-ring (bicyclic) bond motifs is 5. The van der Waals surface area contributed by atoms with Crippen LogP contribution in [0.15, 0.2) is 61.1 Å². The summed E-state index contributed by atoms with van der Waals surface area (Å²) in [5, 5.41) is 8.38. The maximum Gasteiger partial charge on any atom is 0.135 e. The predicted octanol–water partition coefficient (Wildman–Crippen LogP) is 3.70. The van der Waals surface area contributed by atoms with Crippen molar-refractivity contribution in [3.05, 3.63) is 89.3 Å². The minimum atomic E-state index is 0. The Kier molecular flexibility index (Phi) is 4.09. The Hall–Kier alpha value is -3.65. The van der Waals surface area contributed by atoms with Crippen molar-refractivity contribution in [3.8, 4) is 23.2 Å². The van der Waals surface area contributed by atoms with Gasteiger partial charge in [0.15, 0.2) is 0 Å². The smallest absolute Gasteiger partial charge is 0.135 e. The molecule has 0 saturated heterocycles. The third-order valence-electron chi connectivity index (χ3n) is 4.55. The van der Waals surface area contributed by atoms with Gasteiger partial charge in [-0.1, -0.05) is 42.8 Å². The molecule has 0 amide bonds. The van der Waals surface area contributed by atoms with Gasteiger partial charge < -0.3 is 0 Å². The second kappa shape index (κ2) is 6.58. The summed E-state index contributed by atoms with van der Waals surface area (Å²) in [6.07, 6.45) is 4.33. The van der Waals surface area contributed by atoms with E-state index in [1.165, 1.54) is 5.56 Å². The van der Waals surface area contributed by atoms with Crippen LogP contribution in [0.1, 0.15) is 35.6 Å². The lowest BCUT2D eigenvalue weighted by Crippen LogP contribution is -2.03. The fourth-order valence-electron chi connectivity index (χ4n) is 3.27. The van der Waals surface area contributed by atoms with E-state index in [1.807, 2.05) is 47.5 Å². The number of rotatable bonds is 0. The van der Waals surface area contributed by atoms with E-state index >= 15 is 0 Å². The van der Waals surface area contributed by atoms with E-state index in [4.69, 9.17) is 0 Å². The van der Waals surface area contributed by atoms with E-state index < -0.39 is 0 Å². The van der Waals surface area contributed by atoms with E-state index in [1.54, 1.807) is 0 Å². The van der Waals surface area contributed by atoms with E-state index in [9.17, 15) is 0 Å². The molecule has 0 unspecified atom stereocenters. The summed E-state index contributed by atoms with van der Waals surface area (Å²) < 4.78 is 4.02. The number of aryl methyl sites for hydroxylation is 1. The molecule has 1 aliphatic rings. The maximum absolute atomic E-state index is 4.57. The molecule has 0 bridgehead atoms. The zero-order valence-electron chi connectivity index (χ0n) is 14.2. The molecule has 5 heteroatoms. The molecule has 132 valence electrons. The second-order valence-electron chi connectivity index (χ2n) is 6.33. The van der Waals surface area contributed by atoms with Crippen molar-refractivity contribution in [2.24, 2.45) is 0 Å². The summed E-state index contributed by atoms with van der Waals surface area (Å²) in [6.45, 7) is 2.08. The first-order valence-electron chi connectivity index (χ1n) is 8.44. The second-order valence-corrected chi connectivity index (χ2v) is 6.33. The maximum atomic E-state index is 4.57. The third-order valence-corrected chi connectivity index (χ3v) is 4.55. The molecule has 0 atom stereocenters. The van der Waals surface area contributed by atoms with Crippen LogP contribution < -0.4 is 0 Å². The van der Waals surface area contributed by atoms with Crippen molar-refractivity contribution in [2.75, 3.05) is 0 Å². The molecule has 0 N–H and O–H groups in total. The number of aromatic nitrogens is 5. The Morgan fingerprint density at radius 1 is 1.00 bits per heavy atom. The molecule has 5 nitrogen and oxygen atoms in total. The molecule has 0 saturated carbocycles. The van der Waals surface area contributed by atoms with Crippen molar-refractivity contribution in [1.29, 1.82) is 0 Å². The molecule has 5 rings (SSSR count). The van der Waals surface area contributed by atoms with Gasteiger partial charge in [0.05, 0.1) is 29.0 Å². The highest BCUT2D eigenvalue weighted by Gasteiger charge is 2.22. The van der Waals surface area contributed by atoms with Crippen LogP contribution in [0.3, 0.4) is 0 Å². The molecular weight excluding hydrogens is 334 g/mol. The largest absolute Gasteiger partial charge is 0.299 e. The van der Waals surface area contributed by atoms with Gasteiger partial charge >= 0.3 is 0 Å². The van der Waals surface area contributed by atoms with Crippen LogP contribution in [-0.2, 0) is 6.42 Å².